The molecular weight excluding hydrogens is 354 g/mol. The molecule has 1 heterocycles. The van der Waals surface area contributed by atoms with Gasteiger partial charge in [-0.2, -0.15) is 8.42 Å². The molecule has 2 N–H and O–H groups in total. The van der Waals surface area contributed by atoms with Crippen molar-refractivity contribution >= 4 is 21.9 Å². The molecule has 3 rings (SSSR count). The Morgan fingerprint density at radius 2 is 1.71 bits per heavy atom. The van der Waals surface area contributed by atoms with Crippen molar-refractivity contribution in [2.75, 3.05) is 6.61 Å². The predicted molar refractivity (Wildman–Crippen MR) is 88.4 cm³/mol. The van der Waals surface area contributed by atoms with Crippen LogP contribution in [0.4, 0.5) is 0 Å². The van der Waals surface area contributed by atoms with Gasteiger partial charge >= 0.3 is 10.3 Å². The van der Waals surface area contributed by atoms with Crippen LogP contribution >= 0.6 is 11.6 Å². The van der Waals surface area contributed by atoms with E-state index in [9.17, 15) is 8.42 Å². The van der Waals surface area contributed by atoms with Gasteiger partial charge in [-0.05, 0) is 6.07 Å². The molecule has 6 nitrogen and oxygen atoms in total. The summed E-state index contributed by atoms with van der Waals surface area (Å²) < 4.78 is 38.7. The van der Waals surface area contributed by atoms with Crippen molar-refractivity contribution in [1.29, 1.82) is 0 Å². The normalized spacial score (nSPS) is 24.2. The van der Waals surface area contributed by atoms with Gasteiger partial charge in [0.1, 0.15) is 12.2 Å². The van der Waals surface area contributed by atoms with Crippen LogP contribution in [-0.4, -0.2) is 21.1 Å². The topological polar surface area (TPSA) is 87.9 Å². The van der Waals surface area contributed by atoms with Crippen LogP contribution in [0, 0.1) is 0 Å². The maximum absolute atomic E-state index is 11.1. The van der Waals surface area contributed by atoms with Crippen molar-refractivity contribution in [3.05, 3.63) is 70.7 Å². The van der Waals surface area contributed by atoms with Crippen LogP contribution in [0.5, 0.6) is 0 Å². The predicted octanol–water partition coefficient (Wildman–Crippen LogP) is 2.72. The standard InChI is InChI=1S/C16H16ClNO5S/c17-13-9-5-4-8-12(13)15-14(10-21-24(18,19)20)22-16(23-15)11-6-2-1-3-7-11/h1-9,14-16H,10H2,(H2,18,19,20). The number of hydrogen-bond donors (Lipinski definition) is 1. The Morgan fingerprint density at radius 3 is 2.38 bits per heavy atom. The molecule has 0 aliphatic carbocycles. The van der Waals surface area contributed by atoms with Gasteiger partial charge in [0.2, 0.25) is 0 Å². The second-order valence-electron chi connectivity index (χ2n) is 5.27. The second kappa shape index (κ2) is 7.18. The summed E-state index contributed by atoms with van der Waals surface area (Å²) in [4.78, 5) is 0. The van der Waals surface area contributed by atoms with Gasteiger partial charge in [0.25, 0.3) is 0 Å². The molecule has 24 heavy (non-hydrogen) atoms. The molecule has 2 aromatic carbocycles. The van der Waals surface area contributed by atoms with Gasteiger partial charge in [-0.25, -0.2) is 5.14 Å². The van der Waals surface area contributed by atoms with Gasteiger partial charge in [0.05, 0.1) is 6.61 Å². The summed E-state index contributed by atoms with van der Waals surface area (Å²) in [5.74, 6) is 0. The fourth-order valence-electron chi connectivity index (χ4n) is 2.52. The smallest absolute Gasteiger partial charge is 0.333 e. The third-order valence-corrected chi connectivity index (χ3v) is 4.40. The quantitative estimate of drug-likeness (QED) is 0.875. The van der Waals surface area contributed by atoms with Gasteiger partial charge in [0.15, 0.2) is 6.29 Å². The molecule has 0 radical (unpaired) electrons. The lowest BCUT2D eigenvalue weighted by Crippen LogP contribution is -2.26. The summed E-state index contributed by atoms with van der Waals surface area (Å²) in [6.45, 7) is -0.266. The Morgan fingerprint density at radius 1 is 1.04 bits per heavy atom. The van der Waals surface area contributed by atoms with Crippen molar-refractivity contribution in [2.24, 2.45) is 5.14 Å². The summed E-state index contributed by atoms with van der Waals surface area (Å²) in [6, 6.07) is 16.5. The molecule has 0 spiro atoms. The molecule has 0 saturated carbocycles. The number of ether oxygens (including phenoxy) is 2. The molecule has 0 aromatic heterocycles. The van der Waals surface area contributed by atoms with Gasteiger partial charge in [-0.3, -0.25) is 4.18 Å². The van der Waals surface area contributed by atoms with Crippen molar-refractivity contribution < 1.29 is 22.1 Å². The average molecular weight is 370 g/mol. The van der Waals surface area contributed by atoms with E-state index in [2.05, 4.69) is 0 Å². The van der Waals surface area contributed by atoms with Crippen LogP contribution in [0.25, 0.3) is 0 Å². The zero-order valence-electron chi connectivity index (χ0n) is 12.5. The Balaban J connectivity index is 1.86. The van der Waals surface area contributed by atoms with E-state index < -0.39 is 28.8 Å². The molecule has 8 heteroatoms. The fraction of sp³-hybridized carbons (Fsp3) is 0.250. The highest BCUT2D eigenvalue weighted by Gasteiger charge is 2.39. The molecule has 1 fully saturated rings. The maximum Gasteiger partial charge on any atom is 0.333 e. The van der Waals surface area contributed by atoms with Gasteiger partial charge in [0, 0.05) is 16.1 Å². The van der Waals surface area contributed by atoms with Crippen LogP contribution in [-0.2, 0) is 24.0 Å². The first-order valence-electron chi connectivity index (χ1n) is 7.21. The first-order valence-corrected chi connectivity index (χ1v) is 9.06. The molecule has 0 bridgehead atoms. The summed E-state index contributed by atoms with van der Waals surface area (Å²) in [7, 11) is -4.08. The van der Waals surface area contributed by atoms with E-state index in [-0.39, 0.29) is 6.61 Å². The second-order valence-corrected chi connectivity index (χ2v) is 6.90. The highest BCUT2D eigenvalue weighted by Crippen LogP contribution is 2.42. The fourth-order valence-corrected chi connectivity index (χ4v) is 3.09. The summed E-state index contributed by atoms with van der Waals surface area (Å²) >= 11 is 6.23. The largest absolute Gasteiger partial charge is 0.340 e. The van der Waals surface area contributed by atoms with E-state index in [1.54, 1.807) is 18.2 Å². The molecule has 3 atom stereocenters. The molecule has 128 valence electrons. The Labute approximate surface area is 145 Å². The zero-order valence-corrected chi connectivity index (χ0v) is 14.1. The van der Waals surface area contributed by atoms with Crippen LogP contribution in [0.2, 0.25) is 5.02 Å². The maximum atomic E-state index is 11.1. The van der Waals surface area contributed by atoms with Crippen LogP contribution < -0.4 is 5.14 Å². The highest BCUT2D eigenvalue weighted by atomic mass is 35.5. The van der Waals surface area contributed by atoms with Crippen molar-refractivity contribution in [3.63, 3.8) is 0 Å². The van der Waals surface area contributed by atoms with Crippen molar-refractivity contribution in [2.45, 2.75) is 18.5 Å². The first-order chi connectivity index (χ1) is 11.4. The third-order valence-electron chi connectivity index (χ3n) is 3.59. The van der Waals surface area contributed by atoms with Crippen LogP contribution in [0.1, 0.15) is 23.5 Å². The van der Waals surface area contributed by atoms with Gasteiger partial charge in [-0.15, -0.1) is 0 Å². The van der Waals surface area contributed by atoms with Crippen molar-refractivity contribution in [1.82, 2.24) is 0 Å². The molecule has 0 amide bonds. The third kappa shape index (κ3) is 4.13. The minimum Gasteiger partial charge on any atom is -0.340 e. The van der Waals surface area contributed by atoms with E-state index in [0.717, 1.165) is 5.56 Å². The van der Waals surface area contributed by atoms with Gasteiger partial charge < -0.3 is 9.47 Å². The molecule has 1 saturated heterocycles. The lowest BCUT2D eigenvalue weighted by molar-refractivity contribution is -0.0727. The van der Waals surface area contributed by atoms with Crippen LogP contribution in [0.15, 0.2) is 54.6 Å². The monoisotopic (exact) mass is 369 g/mol. The van der Waals surface area contributed by atoms with Gasteiger partial charge in [-0.1, -0.05) is 60.1 Å². The van der Waals surface area contributed by atoms with E-state index >= 15 is 0 Å². The zero-order chi connectivity index (χ0) is 17.2. The molecule has 1 aliphatic rings. The van der Waals surface area contributed by atoms with E-state index in [1.807, 2.05) is 36.4 Å². The summed E-state index contributed by atoms with van der Waals surface area (Å²) in [5.41, 5.74) is 1.51. The lowest BCUT2D eigenvalue weighted by Gasteiger charge is -2.17. The molecule has 3 unspecified atom stereocenters. The summed E-state index contributed by atoms with van der Waals surface area (Å²) in [5, 5.41) is 5.40. The minimum atomic E-state index is -4.08. The van der Waals surface area contributed by atoms with E-state index in [4.69, 9.17) is 30.4 Å². The summed E-state index contributed by atoms with van der Waals surface area (Å²) in [6.07, 6.45) is -1.90. The molecule has 2 aromatic rings. The average Bonchev–Trinajstić information content (AvgIpc) is 2.98. The first kappa shape index (κ1) is 17.3. The van der Waals surface area contributed by atoms with Crippen LogP contribution in [0.3, 0.4) is 0 Å². The highest BCUT2D eigenvalue weighted by molar-refractivity contribution is 7.84. The minimum absolute atomic E-state index is 0.266. The number of hydrogen-bond acceptors (Lipinski definition) is 5. The van der Waals surface area contributed by atoms with Crippen molar-refractivity contribution in [3.8, 4) is 0 Å². The number of benzene rings is 2. The van der Waals surface area contributed by atoms with E-state index in [1.165, 1.54) is 0 Å². The Kier molecular flexibility index (Phi) is 5.19. The Hall–Kier alpha value is -1.48. The molecule has 1 aliphatic heterocycles. The number of halogens is 1. The lowest BCUT2D eigenvalue weighted by atomic mass is 10.1. The SMILES string of the molecule is NS(=O)(=O)OCC1OC(c2ccccc2)OC1c1ccccc1Cl. The number of nitrogens with two attached hydrogens (primary N) is 1. The molecular formula is C16H16ClNO5S. The Bertz CT molecular complexity index is 799. The number of rotatable bonds is 5. The van der Waals surface area contributed by atoms with E-state index in [0.29, 0.717) is 10.6 Å².